The maximum atomic E-state index is 12.8. The number of aromatic nitrogens is 1. The minimum Gasteiger partial charge on any atom is -0.497 e. The molecule has 5 aromatic rings. The van der Waals surface area contributed by atoms with Crippen molar-refractivity contribution in [3.8, 4) is 0 Å². The largest absolute Gasteiger partial charge is 0.497 e. The Labute approximate surface area is 693 Å². The average Bonchev–Trinajstić information content (AvgIpc) is 1.67. The lowest BCUT2D eigenvalue weighted by molar-refractivity contribution is -0.138. The molecule has 0 aliphatic carbocycles. The van der Waals surface area contributed by atoms with E-state index in [1.54, 1.807) is 121 Å². The predicted molar refractivity (Wildman–Crippen MR) is 464 cm³/mol. The van der Waals surface area contributed by atoms with E-state index >= 15 is 0 Å². The van der Waals surface area contributed by atoms with Crippen molar-refractivity contribution < 1.29 is 107 Å². The lowest BCUT2D eigenvalue weighted by atomic mass is 10.0. The number of benzene rings is 4. The number of fused-ring (bicyclic) bond motifs is 1. The Morgan fingerprint density at radius 2 is 0.857 bits per heavy atom. The lowest BCUT2D eigenvalue weighted by Crippen LogP contribution is -2.38. The number of nitrogens with one attached hydrogen (secondary N) is 2. The second-order valence-corrected chi connectivity index (χ2v) is 29.9. The molecule has 15 atom stereocenters. The maximum Gasteiger partial charge on any atom is 0.329 e. The van der Waals surface area contributed by atoms with Gasteiger partial charge in [0, 0.05) is 61.2 Å². The van der Waals surface area contributed by atoms with E-state index in [-0.39, 0.29) is 64.5 Å². The Morgan fingerprint density at radius 1 is 0.487 bits per heavy atom. The van der Waals surface area contributed by atoms with Crippen LogP contribution in [-0.2, 0) is 35.3 Å². The van der Waals surface area contributed by atoms with Gasteiger partial charge in [0.15, 0.2) is 36.0 Å². The maximum absolute atomic E-state index is 12.8. The number of carboxylic acids is 2. The molecule has 0 unspecified atom stereocenters. The number of rotatable bonds is 26. The molecule has 119 heavy (non-hydrogen) atoms. The molecule has 0 spiro atoms. The smallest absolute Gasteiger partial charge is 0.329 e. The zero-order valence-corrected chi connectivity index (χ0v) is 67.5. The van der Waals surface area contributed by atoms with Crippen LogP contribution in [-0.4, -0.2) is 325 Å². The summed E-state index contributed by atoms with van der Waals surface area (Å²) in [6, 6.07) is 10.5. The highest BCUT2D eigenvalue weighted by Gasteiger charge is 2.34. The number of nitrogens with zero attached hydrogens (tertiary/aromatic N) is 13. The molecule has 0 saturated heterocycles. The number of carboxylic acid groups (broad SMARTS) is 2. The van der Waals surface area contributed by atoms with Gasteiger partial charge in [-0.2, -0.15) is 0 Å². The standard InChI is InChI=1S/C76H104N18O19S2.C2H4O2/c1-41(79)64(100)82-37-61(99)83-58-39-114-115-40-59(76(112)113)92-72(108)57(38-95)91-75(111)63(43(3)97)94-71(107)54(33-46-23-11-6-12-24-46)90-74(110)62(42(2)96)93-66(102)51(28-16-18-30-78)84-69(105)55(34-47-36-81-49-26-14-13-25-48(47)49)88-68(104)53(32-45-21-9-5-10-22-45)86-67(103)52(31-44-19-7-4-8-20-44)87-70(106)56(35-60(80)98)89-65(101)50(85-73(58)109)27-15-17-29-77;1-2(3)4/h4-14,19-26,36,41-43,50-59,62-63,81,95-97H,15-18,27-35,37-40,77-79H2,1-3H3,(H2,80,98)(H,82,100)(H,83,99)(H,84,105)(H,85,109)(H,86,103)(H,87,106)(H,88,104)(H,89,101)(H,90,110)(H,91,111)(H,92,108)(H,93,102)(H,94,107)(H,112,113);1H3,(H,3,4)/t41-,42+,43+,50-,51-,52-,53-,54-,55-,56-,57-,58-,59-,62-,63-;/m0./s1. The fraction of sp³-hybridized carbons (Fsp3) is 0.462. The number of aliphatic hydroxyl groups is 17. The third-order valence-electron chi connectivity index (χ3n) is 17.5. The molecule has 1 aliphatic rings. The summed E-state index contributed by atoms with van der Waals surface area (Å²) in [5, 5.41) is 224. The van der Waals surface area contributed by atoms with Crippen molar-refractivity contribution in [1.29, 1.82) is 5.41 Å². The van der Waals surface area contributed by atoms with Gasteiger partial charge in [-0.05, 0) is 101 Å². The Hall–Kier alpha value is -11.6. The molecule has 39 nitrogen and oxygen atoms in total. The van der Waals surface area contributed by atoms with Crippen LogP contribution in [0.2, 0.25) is 0 Å². The summed E-state index contributed by atoms with van der Waals surface area (Å²) in [5.41, 5.74) is 20.2. The monoisotopic (exact) mass is 1700 g/mol. The van der Waals surface area contributed by atoms with Gasteiger partial charge in [0.05, 0.1) is 31.3 Å². The van der Waals surface area contributed by atoms with E-state index in [9.17, 15) is 96.7 Å². The first-order valence-corrected chi connectivity index (χ1v) is 40.3. The van der Waals surface area contributed by atoms with E-state index in [0.717, 1.165) is 35.4 Å². The Balaban J connectivity index is 0.00000616. The van der Waals surface area contributed by atoms with Crippen LogP contribution < -0.4 is 17.2 Å². The van der Waals surface area contributed by atoms with Gasteiger partial charge in [0.1, 0.15) is 54.9 Å². The van der Waals surface area contributed by atoms with Crippen molar-refractivity contribution in [1.82, 2.24) is 4.98 Å². The van der Waals surface area contributed by atoms with Gasteiger partial charge in [0.2, 0.25) is 70.8 Å². The van der Waals surface area contributed by atoms with E-state index in [0.29, 0.717) is 46.0 Å². The van der Waals surface area contributed by atoms with Crippen LogP contribution in [0.4, 0.5) is 0 Å². The minimum absolute atomic E-state index is 0.114. The molecule has 0 fully saturated rings. The number of aromatic amines is 1. The van der Waals surface area contributed by atoms with Crippen LogP contribution in [0.15, 0.2) is 186 Å². The first-order chi connectivity index (χ1) is 56.6. The summed E-state index contributed by atoms with van der Waals surface area (Å²) in [4.78, 5) is 80.1. The molecular weight excluding hydrogens is 1590 g/mol. The fourth-order valence-corrected chi connectivity index (χ4v) is 13.6. The number of aliphatic imine (C=N–C) groups is 13. The topological polar surface area (TPSA) is 697 Å². The SMILES string of the molecule is CC(=O)O.C[C@H](N)C(O)=NCC(O)=N[C@H]1CSSC[C@@H](C(=O)O)N=C(O)[C@H](CO)N=C(O)[C@H]([C@@H](C)O)N=C(O)[C@H](Cc2ccccc2)N=C(O)[C@H]([C@@H](C)O)N=C(O)[C@H](CCCCN)N=C(O)[C@H](Cc2c[nH]c3ccccc23)N=C(O)[C@H](Cc2ccccc2)N=C(O)[C@H](Cc2ccccc2)N=C(O)[C@H](CC(=N)O)N=C(O)[C@H](CCCCN)N=C1O. The quantitative estimate of drug-likeness (QED) is 0.0113. The van der Waals surface area contributed by atoms with E-state index in [4.69, 9.17) is 32.5 Å². The zero-order chi connectivity index (χ0) is 87.8. The summed E-state index contributed by atoms with van der Waals surface area (Å²) in [6.45, 7) is 3.22. The molecule has 41 heteroatoms. The van der Waals surface area contributed by atoms with Gasteiger partial charge >= 0.3 is 5.97 Å². The molecule has 2 heterocycles. The molecule has 6 rings (SSSR count). The van der Waals surface area contributed by atoms with Gasteiger partial charge in [-0.3, -0.25) is 10.2 Å². The number of aliphatic hydroxyl groups excluding tert-OH is 17. The average molecular weight is 1700 g/mol. The zero-order valence-electron chi connectivity index (χ0n) is 65.9. The van der Waals surface area contributed by atoms with Gasteiger partial charge in [-0.25, -0.2) is 69.7 Å². The van der Waals surface area contributed by atoms with Crippen LogP contribution >= 0.6 is 21.6 Å². The second kappa shape index (κ2) is 50.9. The number of hydrogen-bond donors (Lipinski definition) is 24. The number of nitrogens with two attached hydrogens (primary N) is 3. The van der Waals surface area contributed by atoms with Crippen molar-refractivity contribution in [2.75, 3.05) is 37.7 Å². The van der Waals surface area contributed by atoms with Gasteiger partial charge in [-0.15, -0.1) is 0 Å². The first kappa shape index (κ1) is 98.0. The van der Waals surface area contributed by atoms with Crippen molar-refractivity contribution in [2.45, 2.75) is 189 Å². The van der Waals surface area contributed by atoms with E-state index in [1.807, 2.05) is 0 Å². The summed E-state index contributed by atoms with van der Waals surface area (Å²) in [7, 11) is 1.57. The predicted octanol–water partition coefficient (Wildman–Crippen LogP) is 7.15. The van der Waals surface area contributed by atoms with Gasteiger partial charge in [-0.1, -0.05) is 131 Å². The molecule has 0 radical (unpaired) electrons. The van der Waals surface area contributed by atoms with Crippen molar-refractivity contribution >= 4 is 127 Å². The molecule has 0 amide bonds. The molecule has 27 N–H and O–H groups in total. The minimum atomic E-state index is -1.96. The van der Waals surface area contributed by atoms with Crippen molar-refractivity contribution in [2.24, 2.45) is 82.1 Å². The van der Waals surface area contributed by atoms with Crippen LogP contribution in [0.5, 0.6) is 0 Å². The van der Waals surface area contributed by atoms with Crippen molar-refractivity contribution in [3.05, 3.63) is 144 Å². The highest BCUT2D eigenvalue weighted by Crippen LogP contribution is 2.28. The number of unbranched alkanes of at least 4 members (excludes halogenated alkanes) is 2. The number of hydrogen-bond acceptors (Lipinski definition) is 24. The fourth-order valence-electron chi connectivity index (χ4n) is 11.3. The Morgan fingerprint density at radius 3 is 1.29 bits per heavy atom. The van der Waals surface area contributed by atoms with Crippen molar-refractivity contribution in [3.63, 3.8) is 0 Å². The number of para-hydroxylation sites is 1. The van der Waals surface area contributed by atoms with E-state index in [1.165, 1.54) is 13.8 Å². The van der Waals surface area contributed by atoms with E-state index < -0.39 is 216 Å². The summed E-state index contributed by atoms with van der Waals surface area (Å²) < 4.78 is 0. The summed E-state index contributed by atoms with van der Waals surface area (Å²) in [6.07, 6.45) is -2.88. The van der Waals surface area contributed by atoms with Gasteiger partial charge in [0.25, 0.3) is 5.97 Å². The summed E-state index contributed by atoms with van der Waals surface area (Å²) in [5.74, 6) is -16.5. The molecule has 648 valence electrons. The van der Waals surface area contributed by atoms with Crippen LogP contribution in [0.3, 0.4) is 0 Å². The Kier molecular flexibility index (Phi) is 41.9. The molecule has 1 aromatic heterocycles. The molecule has 4 aromatic carbocycles. The number of carbonyl (C=O) groups is 2. The molecule has 0 bridgehead atoms. The van der Waals surface area contributed by atoms with Crippen LogP contribution in [0.25, 0.3) is 10.9 Å². The normalized spacial score (nSPS) is 23.6. The molecule has 0 saturated carbocycles. The third kappa shape index (κ3) is 34.1. The molecular formula is C78H108N18O21S2. The summed E-state index contributed by atoms with van der Waals surface area (Å²) >= 11 is 0. The van der Waals surface area contributed by atoms with Crippen LogP contribution in [0, 0.1) is 5.41 Å². The lowest BCUT2D eigenvalue weighted by Gasteiger charge is -2.21. The van der Waals surface area contributed by atoms with Gasteiger partial charge < -0.3 is 119 Å². The highest BCUT2D eigenvalue weighted by atomic mass is 33.1. The second-order valence-electron chi connectivity index (χ2n) is 27.4. The molecule has 1 aliphatic heterocycles. The van der Waals surface area contributed by atoms with Crippen LogP contribution in [0.1, 0.15) is 94.9 Å². The Bertz CT molecular complexity index is 4460. The number of aliphatic carboxylic acids is 2. The third-order valence-corrected chi connectivity index (χ3v) is 19.9. The highest BCUT2D eigenvalue weighted by molar-refractivity contribution is 8.76. The first-order valence-electron chi connectivity index (χ1n) is 37.8. The van der Waals surface area contributed by atoms with E-state index in [2.05, 4.69) is 69.9 Å². The number of H-pyrrole nitrogens is 1.